The zero-order valence-electron chi connectivity index (χ0n) is 19.6. The summed E-state index contributed by atoms with van der Waals surface area (Å²) in [5.74, 6) is 0.659. The number of aromatic amines is 1. The molecule has 32 heavy (non-hydrogen) atoms. The van der Waals surface area contributed by atoms with Gasteiger partial charge in [-0.05, 0) is 38.9 Å². The SMILES string of the molecule is C1CCNC1.C=C(Nc1cc[nH]c(=O)c1)c1ncc(-c2cnn(C)c2)n1/C=C\C.CCC. The highest BCUT2D eigenvalue weighted by atomic mass is 16.1. The summed E-state index contributed by atoms with van der Waals surface area (Å²) in [5, 5.41) is 10.5. The van der Waals surface area contributed by atoms with Gasteiger partial charge in [0.25, 0.3) is 0 Å². The first kappa shape index (κ1) is 24.9. The Balaban J connectivity index is 0.000000385. The molecule has 4 rings (SSSR count). The van der Waals surface area contributed by atoms with E-state index in [0.29, 0.717) is 17.2 Å². The van der Waals surface area contributed by atoms with Crippen molar-refractivity contribution in [1.29, 1.82) is 0 Å². The van der Waals surface area contributed by atoms with E-state index in [9.17, 15) is 4.79 Å². The van der Waals surface area contributed by atoms with Crippen molar-refractivity contribution in [2.45, 2.75) is 40.0 Å². The molecule has 1 fully saturated rings. The lowest BCUT2D eigenvalue weighted by Crippen LogP contribution is -2.08. The highest BCUT2D eigenvalue weighted by molar-refractivity contribution is 5.75. The van der Waals surface area contributed by atoms with Crippen LogP contribution in [-0.4, -0.2) is 37.4 Å². The van der Waals surface area contributed by atoms with Crippen molar-refractivity contribution < 1.29 is 0 Å². The fraction of sp³-hybridized carbons (Fsp3) is 0.375. The van der Waals surface area contributed by atoms with Gasteiger partial charge in [-0.1, -0.05) is 32.9 Å². The quantitative estimate of drug-likeness (QED) is 0.552. The number of nitrogens with one attached hydrogen (secondary N) is 3. The van der Waals surface area contributed by atoms with Crippen LogP contribution in [0.5, 0.6) is 0 Å². The Bertz CT molecular complexity index is 1050. The zero-order valence-corrected chi connectivity index (χ0v) is 19.6. The monoisotopic (exact) mass is 437 g/mol. The normalized spacial score (nSPS) is 12.6. The smallest absolute Gasteiger partial charge is 0.249 e. The second kappa shape index (κ2) is 13.1. The van der Waals surface area contributed by atoms with Crippen molar-refractivity contribution in [3.05, 3.63) is 65.8 Å². The van der Waals surface area contributed by atoms with Crippen LogP contribution < -0.4 is 16.2 Å². The Morgan fingerprint density at radius 1 is 1.28 bits per heavy atom. The van der Waals surface area contributed by atoms with Crippen molar-refractivity contribution in [1.82, 2.24) is 29.6 Å². The second-order valence-corrected chi connectivity index (χ2v) is 7.43. The summed E-state index contributed by atoms with van der Waals surface area (Å²) in [6, 6.07) is 3.23. The average Bonchev–Trinajstić information content (AvgIpc) is 3.52. The molecule has 0 spiro atoms. The van der Waals surface area contributed by atoms with E-state index in [2.05, 4.69) is 46.1 Å². The van der Waals surface area contributed by atoms with E-state index in [1.807, 2.05) is 37.0 Å². The van der Waals surface area contributed by atoms with Gasteiger partial charge in [-0.15, -0.1) is 0 Å². The molecule has 0 unspecified atom stereocenters. The largest absolute Gasteiger partial charge is 0.353 e. The van der Waals surface area contributed by atoms with Gasteiger partial charge in [-0.25, -0.2) is 4.98 Å². The number of nitrogens with zero attached hydrogens (tertiary/aromatic N) is 4. The van der Waals surface area contributed by atoms with E-state index in [0.717, 1.165) is 11.3 Å². The fourth-order valence-electron chi connectivity index (χ4n) is 3.03. The average molecular weight is 438 g/mol. The molecule has 3 aromatic heterocycles. The summed E-state index contributed by atoms with van der Waals surface area (Å²) < 4.78 is 3.67. The number of H-pyrrole nitrogens is 1. The highest BCUT2D eigenvalue weighted by Gasteiger charge is 2.14. The van der Waals surface area contributed by atoms with Gasteiger partial charge >= 0.3 is 0 Å². The molecule has 1 saturated heterocycles. The summed E-state index contributed by atoms with van der Waals surface area (Å²) >= 11 is 0. The van der Waals surface area contributed by atoms with Crippen molar-refractivity contribution in [3.8, 4) is 11.3 Å². The molecular formula is C24H35N7O. The molecule has 0 radical (unpaired) electrons. The van der Waals surface area contributed by atoms with Crippen LogP contribution in [-0.2, 0) is 7.05 Å². The molecule has 8 heteroatoms. The molecule has 4 heterocycles. The van der Waals surface area contributed by atoms with Crippen LogP contribution in [0, 0.1) is 0 Å². The Morgan fingerprint density at radius 2 is 2.00 bits per heavy atom. The minimum atomic E-state index is -0.180. The lowest BCUT2D eigenvalue weighted by atomic mass is 10.3. The first-order chi connectivity index (χ1) is 15.5. The molecule has 3 N–H and O–H groups in total. The van der Waals surface area contributed by atoms with Gasteiger partial charge in [-0.3, -0.25) is 14.0 Å². The van der Waals surface area contributed by atoms with Crippen LogP contribution >= 0.6 is 0 Å². The Kier molecular flexibility index (Phi) is 10.2. The highest BCUT2D eigenvalue weighted by Crippen LogP contribution is 2.24. The van der Waals surface area contributed by atoms with E-state index in [1.54, 1.807) is 29.3 Å². The maximum Gasteiger partial charge on any atom is 0.249 e. The van der Waals surface area contributed by atoms with Crippen LogP contribution in [0.1, 0.15) is 45.9 Å². The molecule has 172 valence electrons. The number of hydrogen-bond acceptors (Lipinski definition) is 5. The van der Waals surface area contributed by atoms with Crippen LogP contribution in [0.3, 0.4) is 0 Å². The third-order valence-electron chi connectivity index (χ3n) is 4.39. The first-order valence-electron chi connectivity index (χ1n) is 11.0. The molecule has 0 bridgehead atoms. The fourth-order valence-corrected chi connectivity index (χ4v) is 3.03. The van der Waals surface area contributed by atoms with Gasteiger partial charge in [0.2, 0.25) is 5.56 Å². The Labute approximate surface area is 190 Å². The maximum absolute atomic E-state index is 11.4. The zero-order chi connectivity index (χ0) is 23.3. The standard InChI is InChI=1S/C17H18N6O.C4H9N.C3H8/c1-4-7-23-15(13-9-20-22(3)11-13)10-19-17(23)12(2)21-14-5-6-18-16(24)8-14;1-2-4-5-3-1;1-3-2/h4-11H,2H2,1,3H3,(H2,18,21,24);5H,1-4H2;3H2,1-2H3/b7-4-;;. The van der Waals surface area contributed by atoms with E-state index in [-0.39, 0.29) is 5.56 Å². The number of imidazole rings is 1. The number of anilines is 1. The molecule has 8 nitrogen and oxygen atoms in total. The minimum absolute atomic E-state index is 0.180. The molecule has 3 aromatic rings. The third kappa shape index (κ3) is 7.39. The Morgan fingerprint density at radius 3 is 2.53 bits per heavy atom. The second-order valence-electron chi connectivity index (χ2n) is 7.43. The van der Waals surface area contributed by atoms with Crippen LogP contribution in [0.4, 0.5) is 5.69 Å². The van der Waals surface area contributed by atoms with Crippen molar-refractivity contribution in [2.75, 3.05) is 18.4 Å². The number of rotatable bonds is 5. The van der Waals surface area contributed by atoms with Gasteiger partial charge in [0, 0.05) is 43.0 Å². The molecule has 1 aliphatic rings. The van der Waals surface area contributed by atoms with Gasteiger partial charge in [0.15, 0.2) is 5.82 Å². The van der Waals surface area contributed by atoms with Crippen molar-refractivity contribution in [3.63, 3.8) is 0 Å². The van der Waals surface area contributed by atoms with E-state index in [4.69, 9.17) is 0 Å². The van der Waals surface area contributed by atoms with Gasteiger partial charge < -0.3 is 15.6 Å². The maximum atomic E-state index is 11.4. The number of pyridine rings is 1. The summed E-state index contributed by atoms with van der Waals surface area (Å²) in [7, 11) is 1.87. The van der Waals surface area contributed by atoms with Gasteiger partial charge in [0.1, 0.15) is 0 Å². The van der Waals surface area contributed by atoms with E-state index >= 15 is 0 Å². The molecular weight excluding hydrogens is 402 g/mol. The topological polar surface area (TPSA) is 92.6 Å². The molecule has 0 saturated carbocycles. The molecule has 0 aliphatic carbocycles. The van der Waals surface area contributed by atoms with Gasteiger partial charge in [0.05, 0.1) is 23.8 Å². The van der Waals surface area contributed by atoms with Crippen LogP contribution in [0.15, 0.2) is 54.4 Å². The van der Waals surface area contributed by atoms with Crippen molar-refractivity contribution >= 4 is 17.6 Å². The number of allylic oxidation sites excluding steroid dienone is 1. The van der Waals surface area contributed by atoms with E-state index in [1.165, 1.54) is 38.4 Å². The third-order valence-corrected chi connectivity index (χ3v) is 4.39. The predicted molar refractivity (Wildman–Crippen MR) is 133 cm³/mol. The summed E-state index contributed by atoms with van der Waals surface area (Å²) in [5.41, 5.74) is 2.93. The lowest BCUT2D eigenvalue weighted by molar-refractivity contribution is 0.768. The molecule has 0 amide bonds. The summed E-state index contributed by atoms with van der Waals surface area (Å²) in [6.45, 7) is 12.7. The van der Waals surface area contributed by atoms with Crippen molar-refractivity contribution in [2.24, 2.45) is 7.05 Å². The van der Waals surface area contributed by atoms with Gasteiger partial charge in [-0.2, -0.15) is 5.10 Å². The van der Waals surface area contributed by atoms with E-state index < -0.39 is 0 Å². The Hall–Kier alpha value is -3.39. The number of hydrogen-bond donors (Lipinski definition) is 3. The lowest BCUT2D eigenvalue weighted by Gasteiger charge is -2.11. The van der Waals surface area contributed by atoms with Crippen LogP contribution in [0.2, 0.25) is 0 Å². The minimum Gasteiger partial charge on any atom is -0.353 e. The summed E-state index contributed by atoms with van der Waals surface area (Å²) in [6.07, 6.45) is 14.9. The number of aryl methyl sites for hydroxylation is 1. The molecule has 0 aromatic carbocycles. The first-order valence-corrected chi connectivity index (χ1v) is 11.0. The number of aromatic nitrogens is 5. The van der Waals surface area contributed by atoms with Crippen LogP contribution in [0.25, 0.3) is 23.2 Å². The molecule has 0 atom stereocenters. The summed E-state index contributed by atoms with van der Waals surface area (Å²) in [4.78, 5) is 18.4. The predicted octanol–water partition coefficient (Wildman–Crippen LogP) is 4.33. The molecule has 1 aliphatic heterocycles.